The first-order valence-electron chi connectivity index (χ1n) is 6.53. The second kappa shape index (κ2) is 6.75. The van der Waals surface area contributed by atoms with Gasteiger partial charge in [0.1, 0.15) is 5.82 Å². The van der Waals surface area contributed by atoms with Crippen molar-refractivity contribution in [3.8, 4) is 0 Å². The lowest BCUT2D eigenvalue weighted by Crippen LogP contribution is -2.36. The summed E-state index contributed by atoms with van der Waals surface area (Å²) in [5.74, 6) is 0.444. The normalized spacial score (nSPS) is 13.1. The zero-order valence-corrected chi connectivity index (χ0v) is 11.4. The van der Waals surface area contributed by atoms with Crippen LogP contribution in [0.1, 0.15) is 38.3 Å². The highest BCUT2D eigenvalue weighted by atomic mass is 19.1. The van der Waals surface area contributed by atoms with Gasteiger partial charge in [-0.1, -0.05) is 26.8 Å². The Kier molecular flexibility index (Phi) is 5.63. The monoisotopic (exact) mass is 237 g/mol. The van der Waals surface area contributed by atoms with Crippen molar-refractivity contribution >= 4 is 0 Å². The molecule has 0 heterocycles. The van der Waals surface area contributed by atoms with Gasteiger partial charge in [-0.05, 0) is 55.5 Å². The zero-order valence-electron chi connectivity index (χ0n) is 11.4. The first-order valence-corrected chi connectivity index (χ1v) is 6.53. The van der Waals surface area contributed by atoms with Gasteiger partial charge in [-0.15, -0.1) is 0 Å². The molecule has 1 N–H and O–H groups in total. The average Bonchev–Trinajstić information content (AvgIpc) is 2.26. The fourth-order valence-electron chi connectivity index (χ4n) is 2.00. The number of hydrogen-bond donors (Lipinski definition) is 1. The van der Waals surface area contributed by atoms with Gasteiger partial charge >= 0.3 is 0 Å². The van der Waals surface area contributed by atoms with Crippen LogP contribution in [-0.2, 0) is 6.42 Å². The Labute approximate surface area is 104 Å². The largest absolute Gasteiger partial charge is 0.313 e. The van der Waals surface area contributed by atoms with E-state index in [1.807, 2.05) is 13.0 Å². The molecule has 1 rings (SSSR count). The van der Waals surface area contributed by atoms with Crippen LogP contribution in [0.25, 0.3) is 0 Å². The van der Waals surface area contributed by atoms with E-state index in [1.165, 1.54) is 5.56 Å². The van der Waals surface area contributed by atoms with E-state index in [-0.39, 0.29) is 5.82 Å². The van der Waals surface area contributed by atoms with E-state index in [0.717, 1.165) is 24.9 Å². The molecule has 0 aromatic heterocycles. The summed E-state index contributed by atoms with van der Waals surface area (Å²) in [4.78, 5) is 0. The highest BCUT2D eigenvalue weighted by molar-refractivity contribution is 5.27. The summed E-state index contributed by atoms with van der Waals surface area (Å²) in [6, 6.07) is 5.55. The molecule has 0 radical (unpaired) electrons. The smallest absolute Gasteiger partial charge is 0.123 e. The minimum atomic E-state index is -0.145. The molecule has 0 saturated heterocycles. The molecular weight excluding hydrogens is 213 g/mol. The van der Waals surface area contributed by atoms with Gasteiger partial charge in [0.15, 0.2) is 0 Å². The standard InChI is InChI=1S/C15H24FN/c1-5-8-17-15(11(2)3)10-13-6-7-14(16)9-12(13)4/h6-7,9,11,15,17H,5,8,10H2,1-4H3. The summed E-state index contributed by atoms with van der Waals surface area (Å²) >= 11 is 0. The van der Waals surface area contributed by atoms with Crippen molar-refractivity contribution in [2.24, 2.45) is 5.92 Å². The minimum absolute atomic E-state index is 0.145. The Hall–Kier alpha value is -0.890. The summed E-state index contributed by atoms with van der Waals surface area (Å²) in [5, 5.41) is 3.57. The van der Waals surface area contributed by atoms with Gasteiger partial charge in [-0.25, -0.2) is 4.39 Å². The third-order valence-electron chi connectivity index (χ3n) is 3.21. The molecule has 1 atom stereocenters. The number of nitrogens with one attached hydrogen (secondary N) is 1. The van der Waals surface area contributed by atoms with E-state index in [4.69, 9.17) is 0 Å². The van der Waals surface area contributed by atoms with E-state index in [1.54, 1.807) is 12.1 Å². The van der Waals surface area contributed by atoms with Crippen LogP contribution in [0.2, 0.25) is 0 Å². The minimum Gasteiger partial charge on any atom is -0.313 e. The van der Waals surface area contributed by atoms with Crippen molar-refractivity contribution in [1.82, 2.24) is 5.32 Å². The van der Waals surface area contributed by atoms with Crippen LogP contribution in [0.15, 0.2) is 18.2 Å². The van der Waals surface area contributed by atoms with Crippen LogP contribution in [0.5, 0.6) is 0 Å². The van der Waals surface area contributed by atoms with E-state index >= 15 is 0 Å². The van der Waals surface area contributed by atoms with Crippen molar-refractivity contribution in [3.63, 3.8) is 0 Å². The fraction of sp³-hybridized carbons (Fsp3) is 0.600. The zero-order chi connectivity index (χ0) is 12.8. The maximum Gasteiger partial charge on any atom is 0.123 e. The van der Waals surface area contributed by atoms with Crippen molar-refractivity contribution in [2.45, 2.75) is 46.6 Å². The van der Waals surface area contributed by atoms with E-state index < -0.39 is 0 Å². The molecule has 0 aliphatic rings. The topological polar surface area (TPSA) is 12.0 Å². The molecule has 0 fully saturated rings. The molecule has 2 heteroatoms. The molecule has 0 bridgehead atoms. The molecule has 96 valence electrons. The summed E-state index contributed by atoms with van der Waals surface area (Å²) in [6.45, 7) is 9.66. The third kappa shape index (κ3) is 4.47. The van der Waals surface area contributed by atoms with Crippen LogP contribution in [0.4, 0.5) is 4.39 Å². The first-order chi connectivity index (χ1) is 8.04. The molecule has 0 spiro atoms. The third-order valence-corrected chi connectivity index (χ3v) is 3.21. The van der Waals surface area contributed by atoms with Crippen LogP contribution in [0, 0.1) is 18.7 Å². The van der Waals surface area contributed by atoms with Crippen LogP contribution < -0.4 is 5.32 Å². The lowest BCUT2D eigenvalue weighted by Gasteiger charge is -2.23. The molecule has 0 aliphatic carbocycles. The van der Waals surface area contributed by atoms with Crippen LogP contribution in [-0.4, -0.2) is 12.6 Å². The molecule has 1 unspecified atom stereocenters. The highest BCUT2D eigenvalue weighted by Crippen LogP contribution is 2.15. The first kappa shape index (κ1) is 14.2. The molecule has 17 heavy (non-hydrogen) atoms. The van der Waals surface area contributed by atoms with E-state index in [9.17, 15) is 4.39 Å². The maximum absolute atomic E-state index is 13.0. The molecule has 1 aromatic carbocycles. The Morgan fingerprint density at radius 3 is 2.53 bits per heavy atom. The predicted molar refractivity (Wildman–Crippen MR) is 71.8 cm³/mol. The van der Waals surface area contributed by atoms with E-state index in [2.05, 4.69) is 26.1 Å². The number of rotatable bonds is 6. The van der Waals surface area contributed by atoms with Gasteiger partial charge in [0.05, 0.1) is 0 Å². The molecule has 0 amide bonds. The van der Waals surface area contributed by atoms with Crippen molar-refractivity contribution in [2.75, 3.05) is 6.54 Å². The predicted octanol–water partition coefficient (Wildman–Crippen LogP) is 3.70. The lowest BCUT2D eigenvalue weighted by molar-refractivity contribution is 0.397. The number of halogens is 1. The SMILES string of the molecule is CCCNC(Cc1ccc(F)cc1C)C(C)C. The lowest BCUT2D eigenvalue weighted by atomic mass is 9.94. The molecule has 0 saturated carbocycles. The average molecular weight is 237 g/mol. The molecule has 0 aliphatic heterocycles. The number of aryl methyl sites for hydroxylation is 1. The van der Waals surface area contributed by atoms with Crippen molar-refractivity contribution in [1.29, 1.82) is 0 Å². The highest BCUT2D eigenvalue weighted by Gasteiger charge is 2.14. The fourth-order valence-corrected chi connectivity index (χ4v) is 2.00. The van der Waals surface area contributed by atoms with Gasteiger partial charge in [0.2, 0.25) is 0 Å². The molecule has 1 nitrogen and oxygen atoms in total. The van der Waals surface area contributed by atoms with Crippen LogP contribution >= 0.6 is 0 Å². The molecule has 1 aromatic rings. The summed E-state index contributed by atoms with van der Waals surface area (Å²) < 4.78 is 13.0. The second-order valence-electron chi connectivity index (χ2n) is 5.08. The van der Waals surface area contributed by atoms with Gasteiger partial charge in [-0.2, -0.15) is 0 Å². The Bertz CT molecular complexity index is 347. The summed E-state index contributed by atoms with van der Waals surface area (Å²) in [6.07, 6.45) is 2.12. The number of benzene rings is 1. The van der Waals surface area contributed by atoms with Crippen LogP contribution in [0.3, 0.4) is 0 Å². The molecular formula is C15H24FN. The Balaban J connectivity index is 2.71. The number of hydrogen-bond acceptors (Lipinski definition) is 1. The van der Waals surface area contributed by atoms with E-state index in [0.29, 0.717) is 12.0 Å². The Morgan fingerprint density at radius 1 is 1.29 bits per heavy atom. The van der Waals surface area contributed by atoms with Gasteiger partial charge in [0, 0.05) is 6.04 Å². The van der Waals surface area contributed by atoms with Gasteiger partial charge in [0.25, 0.3) is 0 Å². The quantitative estimate of drug-likeness (QED) is 0.795. The van der Waals surface area contributed by atoms with Crippen molar-refractivity contribution in [3.05, 3.63) is 35.1 Å². The second-order valence-corrected chi connectivity index (χ2v) is 5.08. The summed E-state index contributed by atoms with van der Waals surface area (Å²) in [5.41, 5.74) is 2.29. The maximum atomic E-state index is 13.0. The summed E-state index contributed by atoms with van der Waals surface area (Å²) in [7, 11) is 0. The van der Waals surface area contributed by atoms with Gasteiger partial charge in [-0.3, -0.25) is 0 Å². The van der Waals surface area contributed by atoms with Crippen molar-refractivity contribution < 1.29 is 4.39 Å². The Morgan fingerprint density at radius 2 is 2.00 bits per heavy atom. The van der Waals surface area contributed by atoms with Gasteiger partial charge < -0.3 is 5.32 Å².